The van der Waals surface area contributed by atoms with Crippen LogP contribution < -0.4 is 5.32 Å². The number of hydrogen-bond donors (Lipinski definition) is 2. The van der Waals surface area contributed by atoms with Crippen molar-refractivity contribution >= 4 is 10.9 Å². The maximum atomic E-state index is 13.6. The fraction of sp³-hybridized carbons (Fsp3) is 0.222. The second-order valence-electron chi connectivity index (χ2n) is 5.55. The smallest absolute Gasteiger partial charge is 0.126 e. The minimum absolute atomic E-state index is 0.301. The number of benzene rings is 2. The first-order chi connectivity index (χ1) is 11.1. The first-order valence-corrected chi connectivity index (χ1v) is 7.44. The van der Waals surface area contributed by atoms with Gasteiger partial charge in [0, 0.05) is 24.3 Å². The highest BCUT2D eigenvalue weighted by atomic mass is 19.1. The molecule has 0 aliphatic heterocycles. The van der Waals surface area contributed by atoms with Gasteiger partial charge < -0.3 is 15.0 Å². The number of fused-ring (bicyclic) bond motifs is 1. The minimum atomic E-state index is -0.836. The molecule has 3 aromatic rings. The number of para-hydroxylation sites is 1. The molecular weight excluding hydrogens is 298 g/mol. The third-order valence-electron chi connectivity index (χ3n) is 3.93. The van der Waals surface area contributed by atoms with Gasteiger partial charge in [-0.15, -0.1) is 0 Å². The molecule has 0 aliphatic carbocycles. The molecule has 23 heavy (non-hydrogen) atoms. The summed E-state index contributed by atoms with van der Waals surface area (Å²) >= 11 is 0. The SMILES string of the molecule is CNCC(O)C(c1cc(F)cc(F)c1)n1ccc2ccccc21. The zero-order valence-electron chi connectivity index (χ0n) is 12.7. The highest BCUT2D eigenvalue weighted by Gasteiger charge is 2.24. The third-order valence-corrected chi connectivity index (χ3v) is 3.93. The Bertz CT molecular complexity index is 795. The second kappa shape index (κ2) is 6.48. The number of aliphatic hydroxyl groups excluding tert-OH is 1. The zero-order chi connectivity index (χ0) is 16.4. The average molecular weight is 316 g/mol. The molecule has 2 atom stereocenters. The van der Waals surface area contributed by atoms with E-state index in [4.69, 9.17) is 0 Å². The lowest BCUT2D eigenvalue weighted by molar-refractivity contribution is 0.132. The predicted molar refractivity (Wildman–Crippen MR) is 86.4 cm³/mol. The largest absolute Gasteiger partial charge is 0.389 e. The fourth-order valence-electron chi connectivity index (χ4n) is 2.98. The lowest BCUT2D eigenvalue weighted by Gasteiger charge is -2.26. The summed E-state index contributed by atoms with van der Waals surface area (Å²) in [5.74, 6) is -1.31. The minimum Gasteiger partial charge on any atom is -0.389 e. The summed E-state index contributed by atoms with van der Waals surface area (Å²) in [6.45, 7) is 0.301. The van der Waals surface area contributed by atoms with E-state index in [2.05, 4.69) is 5.32 Å². The van der Waals surface area contributed by atoms with Gasteiger partial charge in [-0.3, -0.25) is 0 Å². The van der Waals surface area contributed by atoms with Crippen LogP contribution in [0.3, 0.4) is 0 Å². The molecule has 0 radical (unpaired) electrons. The van der Waals surface area contributed by atoms with Crippen LogP contribution in [0, 0.1) is 11.6 Å². The molecule has 0 amide bonds. The molecule has 0 saturated carbocycles. The zero-order valence-corrected chi connectivity index (χ0v) is 12.7. The Labute approximate surface area is 133 Å². The summed E-state index contributed by atoms with van der Waals surface area (Å²) in [5.41, 5.74) is 1.30. The Morgan fingerprint density at radius 2 is 1.78 bits per heavy atom. The summed E-state index contributed by atoms with van der Waals surface area (Å²) in [6.07, 6.45) is 0.994. The van der Waals surface area contributed by atoms with Crippen LogP contribution in [-0.2, 0) is 0 Å². The highest BCUT2D eigenvalue weighted by molar-refractivity contribution is 5.80. The van der Waals surface area contributed by atoms with E-state index in [0.717, 1.165) is 17.0 Å². The van der Waals surface area contributed by atoms with Crippen molar-refractivity contribution < 1.29 is 13.9 Å². The molecule has 120 valence electrons. The van der Waals surface area contributed by atoms with Crippen LogP contribution in [0.2, 0.25) is 0 Å². The number of rotatable bonds is 5. The standard InChI is InChI=1S/C18H18F2N2O/c1-21-11-17(23)18(13-8-14(19)10-15(20)9-13)22-7-6-12-4-2-3-5-16(12)22/h2-10,17-18,21,23H,11H2,1H3. The molecule has 2 N–H and O–H groups in total. The molecule has 5 heteroatoms. The summed E-state index contributed by atoms with van der Waals surface area (Å²) in [6, 6.07) is 12.4. The van der Waals surface area contributed by atoms with Crippen LogP contribution >= 0.6 is 0 Å². The Kier molecular flexibility index (Phi) is 4.41. The van der Waals surface area contributed by atoms with Crippen molar-refractivity contribution in [3.63, 3.8) is 0 Å². The Morgan fingerprint density at radius 3 is 2.48 bits per heavy atom. The number of hydrogen-bond acceptors (Lipinski definition) is 2. The number of aliphatic hydroxyl groups is 1. The number of nitrogens with zero attached hydrogens (tertiary/aromatic N) is 1. The lowest BCUT2D eigenvalue weighted by atomic mass is 10.00. The van der Waals surface area contributed by atoms with Gasteiger partial charge in [-0.1, -0.05) is 18.2 Å². The van der Waals surface area contributed by atoms with Gasteiger partial charge in [-0.2, -0.15) is 0 Å². The number of halogens is 2. The Morgan fingerprint density at radius 1 is 1.09 bits per heavy atom. The molecule has 3 rings (SSSR count). The molecule has 0 spiro atoms. The van der Waals surface area contributed by atoms with Crippen LogP contribution in [0.1, 0.15) is 11.6 Å². The Balaban J connectivity index is 2.15. The Hall–Kier alpha value is -2.24. The van der Waals surface area contributed by atoms with Crippen LogP contribution in [-0.4, -0.2) is 29.4 Å². The van der Waals surface area contributed by atoms with Crippen LogP contribution in [0.4, 0.5) is 8.78 Å². The van der Waals surface area contributed by atoms with Gasteiger partial charge in [-0.05, 0) is 42.3 Å². The molecule has 2 aromatic carbocycles. The molecule has 0 fully saturated rings. The van der Waals surface area contributed by atoms with Crippen molar-refractivity contribution in [2.45, 2.75) is 12.1 Å². The van der Waals surface area contributed by atoms with Gasteiger partial charge >= 0.3 is 0 Å². The second-order valence-corrected chi connectivity index (χ2v) is 5.55. The van der Waals surface area contributed by atoms with Crippen LogP contribution in [0.15, 0.2) is 54.7 Å². The fourth-order valence-corrected chi connectivity index (χ4v) is 2.98. The quantitative estimate of drug-likeness (QED) is 0.759. The molecule has 0 bridgehead atoms. The summed E-state index contributed by atoms with van der Waals surface area (Å²) in [7, 11) is 1.72. The normalized spacial score (nSPS) is 14.1. The van der Waals surface area contributed by atoms with E-state index in [0.29, 0.717) is 12.1 Å². The summed E-state index contributed by atoms with van der Waals surface area (Å²) in [5, 5.41) is 14.5. The van der Waals surface area contributed by atoms with E-state index in [9.17, 15) is 13.9 Å². The first-order valence-electron chi connectivity index (χ1n) is 7.44. The van der Waals surface area contributed by atoms with E-state index in [1.807, 2.05) is 41.1 Å². The monoisotopic (exact) mass is 316 g/mol. The number of likely N-dealkylation sites (N-methyl/N-ethyl adjacent to an activating group) is 1. The molecule has 2 unspecified atom stereocenters. The van der Waals surface area contributed by atoms with E-state index in [1.165, 1.54) is 12.1 Å². The van der Waals surface area contributed by atoms with Gasteiger partial charge in [0.25, 0.3) is 0 Å². The molecule has 1 aromatic heterocycles. The predicted octanol–water partition coefficient (Wildman–Crippen LogP) is 3.09. The summed E-state index contributed by atoms with van der Waals surface area (Å²) < 4.78 is 29.1. The maximum Gasteiger partial charge on any atom is 0.126 e. The van der Waals surface area contributed by atoms with Crippen LogP contribution in [0.25, 0.3) is 10.9 Å². The molecule has 0 aliphatic rings. The van der Waals surface area contributed by atoms with Crippen molar-refractivity contribution in [2.75, 3.05) is 13.6 Å². The summed E-state index contributed by atoms with van der Waals surface area (Å²) in [4.78, 5) is 0. The van der Waals surface area contributed by atoms with E-state index in [1.54, 1.807) is 7.05 Å². The van der Waals surface area contributed by atoms with Crippen molar-refractivity contribution in [1.82, 2.24) is 9.88 Å². The lowest BCUT2D eigenvalue weighted by Crippen LogP contribution is -2.33. The topological polar surface area (TPSA) is 37.2 Å². The van der Waals surface area contributed by atoms with Crippen LogP contribution in [0.5, 0.6) is 0 Å². The molecule has 0 saturated heterocycles. The molecular formula is C18H18F2N2O. The molecule has 1 heterocycles. The van der Waals surface area contributed by atoms with Gasteiger partial charge in [0.2, 0.25) is 0 Å². The average Bonchev–Trinajstić information content (AvgIpc) is 2.91. The van der Waals surface area contributed by atoms with Crippen molar-refractivity contribution in [3.8, 4) is 0 Å². The van der Waals surface area contributed by atoms with Crippen molar-refractivity contribution in [2.24, 2.45) is 0 Å². The maximum absolute atomic E-state index is 13.6. The first kappa shape index (κ1) is 15.6. The van der Waals surface area contributed by atoms with Gasteiger partial charge in [0.1, 0.15) is 11.6 Å². The van der Waals surface area contributed by atoms with Gasteiger partial charge in [0.05, 0.1) is 12.1 Å². The molecule has 3 nitrogen and oxygen atoms in total. The van der Waals surface area contributed by atoms with Gasteiger partial charge in [0.15, 0.2) is 0 Å². The van der Waals surface area contributed by atoms with Gasteiger partial charge in [-0.25, -0.2) is 8.78 Å². The number of aromatic nitrogens is 1. The van der Waals surface area contributed by atoms with E-state index >= 15 is 0 Å². The van der Waals surface area contributed by atoms with E-state index < -0.39 is 23.8 Å². The highest BCUT2D eigenvalue weighted by Crippen LogP contribution is 2.29. The van der Waals surface area contributed by atoms with Crippen molar-refractivity contribution in [1.29, 1.82) is 0 Å². The third kappa shape index (κ3) is 3.11. The number of nitrogens with one attached hydrogen (secondary N) is 1. The van der Waals surface area contributed by atoms with E-state index in [-0.39, 0.29) is 0 Å². The van der Waals surface area contributed by atoms with Crippen molar-refractivity contribution in [3.05, 3.63) is 71.9 Å².